The minimum absolute atomic E-state index is 0.0624. The highest BCUT2D eigenvalue weighted by atomic mass is 16.2. The number of hydrogen-bond acceptors (Lipinski definition) is 3. The van der Waals surface area contributed by atoms with Gasteiger partial charge in [-0.15, -0.1) is 0 Å². The van der Waals surface area contributed by atoms with Gasteiger partial charge in [-0.25, -0.2) is 0 Å². The number of nitrogens with zero attached hydrogens (tertiary/aromatic N) is 2. The van der Waals surface area contributed by atoms with Crippen LogP contribution in [0.5, 0.6) is 0 Å². The summed E-state index contributed by atoms with van der Waals surface area (Å²) in [4.78, 5) is 39.5. The molecule has 0 spiro atoms. The fourth-order valence-electron chi connectivity index (χ4n) is 3.71. The Morgan fingerprint density at radius 1 is 1.08 bits per heavy atom. The first-order valence-electron chi connectivity index (χ1n) is 9.06. The number of rotatable bonds is 3. The number of carbonyl (C=O) groups excluding carboxylic acids is 3. The first-order valence-corrected chi connectivity index (χ1v) is 9.06. The molecule has 0 saturated carbocycles. The van der Waals surface area contributed by atoms with Crippen LogP contribution >= 0.6 is 0 Å². The van der Waals surface area contributed by atoms with Crippen LogP contribution in [0.25, 0.3) is 6.08 Å². The van der Waals surface area contributed by atoms with Gasteiger partial charge in [0.1, 0.15) is 0 Å². The number of amides is 3. The number of likely N-dealkylation sites (tertiary alicyclic amines) is 1. The number of nitrogens with one attached hydrogen (secondary N) is 1. The van der Waals surface area contributed by atoms with Gasteiger partial charge in [0, 0.05) is 39.2 Å². The van der Waals surface area contributed by atoms with E-state index >= 15 is 0 Å². The lowest BCUT2D eigenvalue weighted by Crippen LogP contribution is -2.46. The zero-order chi connectivity index (χ0) is 18.7. The van der Waals surface area contributed by atoms with Gasteiger partial charge in [-0.3, -0.25) is 14.4 Å². The van der Waals surface area contributed by atoms with Crippen LogP contribution in [0.15, 0.2) is 30.5 Å². The SMILES string of the molecule is CC(=O)N1CCC(NC(=O)C[C@H]2c3ccccc3C=CN2C(C)=O)CC1. The van der Waals surface area contributed by atoms with Gasteiger partial charge in [0.25, 0.3) is 0 Å². The predicted molar refractivity (Wildman–Crippen MR) is 98.8 cm³/mol. The van der Waals surface area contributed by atoms with Crippen molar-refractivity contribution in [1.82, 2.24) is 15.1 Å². The van der Waals surface area contributed by atoms with Crippen LogP contribution in [0, 0.1) is 0 Å². The van der Waals surface area contributed by atoms with Crippen LogP contribution in [-0.4, -0.2) is 46.7 Å². The second-order valence-electron chi connectivity index (χ2n) is 6.94. The van der Waals surface area contributed by atoms with Crippen molar-refractivity contribution in [2.24, 2.45) is 0 Å². The Labute approximate surface area is 153 Å². The summed E-state index contributed by atoms with van der Waals surface area (Å²) >= 11 is 0. The van der Waals surface area contributed by atoms with Crippen molar-refractivity contribution in [3.8, 4) is 0 Å². The third-order valence-corrected chi connectivity index (χ3v) is 5.15. The van der Waals surface area contributed by atoms with E-state index in [0.717, 1.165) is 24.0 Å². The molecule has 1 fully saturated rings. The Bertz CT molecular complexity index is 736. The van der Waals surface area contributed by atoms with E-state index in [9.17, 15) is 14.4 Å². The van der Waals surface area contributed by atoms with Gasteiger partial charge in [0.2, 0.25) is 17.7 Å². The highest BCUT2D eigenvalue weighted by Crippen LogP contribution is 2.32. The molecule has 1 N–H and O–H groups in total. The van der Waals surface area contributed by atoms with Gasteiger partial charge in [-0.2, -0.15) is 0 Å². The standard InChI is InChI=1S/C20H25N3O3/c1-14(24)22-10-8-17(9-11-22)21-20(26)13-19-18-6-4-3-5-16(18)7-12-23(19)15(2)25/h3-7,12,17,19H,8-11,13H2,1-2H3,(H,21,26)/t19-/m0/s1. The van der Waals surface area contributed by atoms with Crippen molar-refractivity contribution in [2.75, 3.05) is 13.1 Å². The van der Waals surface area contributed by atoms with Crippen LogP contribution in [-0.2, 0) is 14.4 Å². The third-order valence-electron chi connectivity index (χ3n) is 5.15. The largest absolute Gasteiger partial charge is 0.353 e. The predicted octanol–water partition coefficient (Wildman–Crippen LogP) is 2.08. The van der Waals surface area contributed by atoms with E-state index in [-0.39, 0.29) is 36.2 Å². The molecule has 0 radical (unpaired) electrons. The van der Waals surface area contributed by atoms with Gasteiger partial charge in [-0.1, -0.05) is 24.3 Å². The average molecular weight is 355 g/mol. The lowest BCUT2D eigenvalue weighted by Gasteiger charge is -2.34. The van der Waals surface area contributed by atoms with E-state index < -0.39 is 0 Å². The number of benzene rings is 1. The van der Waals surface area contributed by atoms with Crippen LogP contribution in [0.3, 0.4) is 0 Å². The summed E-state index contributed by atoms with van der Waals surface area (Å²) in [5.41, 5.74) is 2.03. The maximum Gasteiger partial charge on any atom is 0.223 e. The molecule has 3 rings (SSSR count). The van der Waals surface area contributed by atoms with Crippen molar-refractivity contribution in [3.05, 3.63) is 41.6 Å². The number of hydrogen-bond donors (Lipinski definition) is 1. The van der Waals surface area contributed by atoms with Gasteiger partial charge >= 0.3 is 0 Å². The second kappa shape index (κ2) is 7.72. The summed E-state index contributed by atoms with van der Waals surface area (Å²) < 4.78 is 0. The second-order valence-corrected chi connectivity index (χ2v) is 6.94. The molecule has 1 saturated heterocycles. The molecule has 2 aliphatic rings. The van der Waals surface area contributed by atoms with Crippen molar-refractivity contribution >= 4 is 23.8 Å². The fourth-order valence-corrected chi connectivity index (χ4v) is 3.71. The molecule has 26 heavy (non-hydrogen) atoms. The van der Waals surface area contributed by atoms with E-state index in [1.807, 2.05) is 35.2 Å². The van der Waals surface area contributed by atoms with Crippen molar-refractivity contribution in [2.45, 2.75) is 45.2 Å². The topological polar surface area (TPSA) is 69.7 Å². The number of carbonyl (C=O) groups is 3. The minimum Gasteiger partial charge on any atom is -0.353 e. The minimum atomic E-state index is -0.286. The van der Waals surface area contributed by atoms with Gasteiger partial charge in [0.05, 0.1) is 12.5 Å². The van der Waals surface area contributed by atoms with Gasteiger partial charge < -0.3 is 15.1 Å². The van der Waals surface area contributed by atoms with E-state index in [0.29, 0.717) is 13.1 Å². The molecule has 3 amide bonds. The molecule has 1 aromatic rings. The normalized spacial score (nSPS) is 19.8. The highest BCUT2D eigenvalue weighted by molar-refractivity contribution is 5.82. The Kier molecular flexibility index (Phi) is 5.40. The quantitative estimate of drug-likeness (QED) is 0.902. The molecular weight excluding hydrogens is 330 g/mol. The van der Waals surface area contributed by atoms with Gasteiger partial charge in [-0.05, 0) is 30.0 Å². The molecule has 2 heterocycles. The summed E-state index contributed by atoms with van der Waals surface area (Å²) in [5.74, 6) is -0.0616. The molecule has 1 aromatic carbocycles. The fraction of sp³-hybridized carbons (Fsp3) is 0.450. The molecule has 0 aromatic heterocycles. The Balaban J connectivity index is 1.65. The van der Waals surface area contributed by atoms with E-state index in [4.69, 9.17) is 0 Å². The van der Waals surface area contributed by atoms with Crippen molar-refractivity contribution in [3.63, 3.8) is 0 Å². The molecule has 138 valence electrons. The molecule has 2 aliphatic heterocycles. The lowest BCUT2D eigenvalue weighted by molar-refractivity contribution is -0.130. The van der Waals surface area contributed by atoms with Crippen LogP contribution in [0.1, 0.15) is 50.3 Å². The highest BCUT2D eigenvalue weighted by Gasteiger charge is 2.29. The zero-order valence-corrected chi connectivity index (χ0v) is 15.3. The third kappa shape index (κ3) is 3.95. The summed E-state index contributed by atoms with van der Waals surface area (Å²) in [6.07, 6.45) is 5.43. The lowest BCUT2D eigenvalue weighted by atomic mass is 9.93. The molecule has 0 unspecified atom stereocenters. The maximum atomic E-state index is 12.6. The van der Waals surface area contributed by atoms with Crippen molar-refractivity contribution in [1.29, 1.82) is 0 Å². The smallest absolute Gasteiger partial charge is 0.223 e. The molecule has 0 aliphatic carbocycles. The molecule has 6 heteroatoms. The molecule has 1 atom stereocenters. The van der Waals surface area contributed by atoms with E-state index in [1.165, 1.54) is 6.92 Å². The maximum absolute atomic E-state index is 12.6. The van der Waals surface area contributed by atoms with E-state index in [1.54, 1.807) is 18.0 Å². The van der Waals surface area contributed by atoms with Crippen molar-refractivity contribution < 1.29 is 14.4 Å². The Hall–Kier alpha value is -2.63. The van der Waals surface area contributed by atoms with Crippen LogP contribution in [0.2, 0.25) is 0 Å². The Morgan fingerprint density at radius 2 is 1.77 bits per heavy atom. The number of fused-ring (bicyclic) bond motifs is 1. The first kappa shape index (κ1) is 18.2. The zero-order valence-electron chi connectivity index (χ0n) is 15.3. The summed E-state index contributed by atoms with van der Waals surface area (Å²) in [6, 6.07) is 7.64. The summed E-state index contributed by atoms with van der Waals surface area (Å²) in [5, 5.41) is 3.08. The van der Waals surface area contributed by atoms with Gasteiger partial charge in [0.15, 0.2) is 0 Å². The molecule has 0 bridgehead atoms. The van der Waals surface area contributed by atoms with Crippen LogP contribution < -0.4 is 5.32 Å². The monoisotopic (exact) mass is 355 g/mol. The van der Waals surface area contributed by atoms with Crippen LogP contribution in [0.4, 0.5) is 0 Å². The molecular formula is C20H25N3O3. The summed E-state index contributed by atoms with van der Waals surface area (Å²) in [6.45, 7) is 4.44. The molecule has 6 nitrogen and oxygen atoms in total. The first-order chi connectivity index (χ1) is 12.5. The Morgan fingerprint density at radius 3 is 2.42 bits per heavy atom. The number of piperidine rings is 1. The average Bonchev–Trinajstić information content (AvgIpc) is 2.62. The van der Waals surface area contributed by atoms with E-state index in [2.05, 4.69) is 5.32 Å². The summed E-state index contributed by atoms with van der Waals surface area (Å²) in [7, 11) is 0.